The number of rotatable bonds is 5. The molecule has 0 spiro atoms. The van der Waals surface area contributed by atoms with E-state index in [1.165, 1.54) is 0 Å². The highest BCUT2D eigenvalue weighted by atomic mass is 16.4. The van der Waals surface area contributed by atoms with E-state index in [9.17, 15) is 4.79 Å². The molecule has 0 aromatic carbocycles. The molecule has 0 aliphatic heterocycles. The fourth-order valence-electron chi connectivity index (χ4n) is 0.352. The summed E-state index contributed by atoms with van der Waals surface area (Å²) in [6, 6.07) is 0. The summed E-state index contributed by atoms with van der Waals surface area (Å²) in [4.78, 5) is 9.86. The van der Waals surface area contributed by atoms with Gasteiger partial charge in [-0.1, -0.05) is 6.92 Å². The molecule has 0 heterocycles. The van der Waals surface area contributed by atoms with E-state index in [1.807, 2.05) is 6.92 Å². The lowest BCUT2D eigenvalue weighted by Gasteiger charge is -2.00. The van der Waals surface area contributed by atoms with Gasteiger partial charge in [0, 0.05) is 6.54 Å². The van der Waals surface area contributed by atoms with Crippen LogP contribution >= 0.6 is 0 Å². The Morgan fingerprint density at radius 3 is 2.67 bits per heavy atom. The standard InChI is InChI=1S/C5H12N2O2/c1-2-3-6-7-4-5(8)9/h6-7H,2-4H2,1H3,(H,8,9). The molecule has 54 valence electrons. The van der Waals surface area contributed by atoms with Crippen LogP contribution in [0, 0.1) is 0 Å². The number of carboxylic acid groups (broad SMARTS) is 1. The smallest absolute Gasteiger partial charge is 0.318 e. The molecule has 4 heteroatoms. The van der Waals surface area contributed by atoms with Crippen LogP contribution in [0.4, 0.5) is 0 Å². The molecule has 0 rings (SSSR count). The van der Waals surface area contributed by atoms with E-state index in [-0.39, 0.29) is 6.54 Å². The molecule has 0 aromatic heterocycles. The Labute approximate surface area is 54.2 Å². The zero-order chi connectivity index (χ0) is 7.11. The van der Waals surface area contributed by atoms with Gasteiger partial charge in [0.2, 0.25) is 0 Å². The molecule has 0 saturated carbocycles. The number of carboxylic acids is 1. The van der Waals surface area contributed by atoms with Crippen molar-refractivity contribution < 1.29 is 9.90 Å². The van der Waals surface area contributed by atoms with Crippen LogP contribution < -0.4 is 10.9 Å². The molecular formula is C5H12N2O2. The van der Waals surface area contributed by atoms with Crippen LogP contribution in [-0.2, 0) is 4.79 Å². The highest BCUT2D eigenvalue weighted by Crippen LogP contribution is 1.64. The number of carbonyl (C=O) groups is 1. The van der Waals surface area contributed by atoms with Crippen molar-refractivity contribution in [1.82, 2.24) is 10.9 Å². The summed E-state index contributed by atoms with van der Waals surface area (Å²) in [6.45, 7) is 2.78. The molecule has 3 N–H and O–H groups in total. The average Bonchev–Trinajstić information content (AvgIpc) is 1.80. The highest BCUT2D eigenvalue weighted by molar-refractivity contribution is 5.68. The van der Waals surface area contributed by atoms with E-state index < -0.39 is 5.97 Å². The molecule has 0 saturated heterocycles. The lowest BCUT2D eigenvalue weighted by atomic mass is 10.5. The first-order chi connectivity index (χ1) is 4.27. The molecule has 0 amide bonds. The third-order valence-electron chi connectivity index (χ3n) is 0.740. The summed E-state index contributed by atoms with van der Waals surface area (Å²) in [5.74, 6) is -0.849. The van der Waals surface area contributed by atoms with Gasteiger partial charge in [-0.2, -0.15) is 0 Å². The molecule has 0 aliphatic rings. The van der Waals surface area contributed by atoms with Crippen LogP contribution in [0.3, 0.4) is 0 Å². The zero-order valence-corrected chi connectivity index (χ0v) is 5.48. The molecule has 0 fully saturated rings. The Morgan fingerprint density at radius 2 is 2.22 bits per heavy atom. The number of hydrazine groups is 1. The third kappa shape index (κ3) is 7.39. The largest absolute Gasteiger partial charge is 0.480 e. The zero-order valence-electron chi connectivity index (χ0n) is 5.48. The second-order valence-corrected chi connectivity index (χ2v) is 1.67. The van der Waals surface area contributed by atoms with Crippen molar-refractivity contribution in [3.05, 3.63) is 0 Å². The number of aliphatic carboxylic acids is 1. The highest BCUT2D eigenvalue weighted by Gasteiger charge is 1.91. The Balaban J connectivity index is 2.83. The van der Waals surface area contributed by atoms with Gasteiger partial charge in [-0.05, 0) is 6.42 Å². The summed E-state index contributed by atoms with van der Waals surface area (Å²) < 4.78 is 0. The van der Waals surface area contributed by atoms with Crippen molar-refractivity contribution in [2.45, 2.75) is 13.3 Å². The maximum absolute atomic E-state index is 9.86. The van der Waals surface area contributed by atoms with Gasteiger partial charge in [0.15, 0.2) is 0 Å². The maximum atomic E-state index is 9.86. The van der Waals surface area contributed by atoms with Gasteiger partial charge in [0.25, 0.3) is 0 Å². The quantitative estimate of drug-likeness (QED) is 0.351. The summed E-state index contributed by atoms with van der Waals surface area (Å²) in [5, 5.41) is 8.11. The van der Waals surface area contributed by atoms with Crippen molar-refractivity contribution >= 4 is 5.97 Å². The number of hydrogen-bond donors (Lipinski definition) is 3. The van der Waals surface area contributed by atoms with Crippen LogP contribution in [0.25, 0.3) is 0 Å². The normalized spacial score (nSPS) is 9.44. The monoisotopic (exact) mass is 132 g/mol. The summed E-state index contributed by atoms with van der Waals surface area (Å²) in [7, 11) is 0. The minimum Gasteiger partial charge on any atom is -0.480 e. The minimum atomic E-state index is -0.849. The van der Waals surface area contributed by atoms with Crippen molar-refractivity contribution in [1.29, 1.82) is 0 Å². The molecule has 0 aliphatic carbocycles. The molecule has 0 aromatic rings. The van der Waals surface area contributed by atoms with E-state index in [2.05, 4.69) is 10.9 Å². The Morgan fingerprint density at radius 1 is 1.56 bits per heavy atom. The SMILES string of the molecule is CCCNNCC(=O)O. The predicted molar refractivity (Wildman–Crippen MR) is 33.9 cm³/mol. The van der Waals surface area contributed by atoms with Crippen LogP contribution in [0.1, 0.15) is 13.3 Å². The van der Waals surface area contributed by atoms with E-state index >= 15 is 0 Å². The molecular weight excluding hydrogens is 120 g/mol. The summed E-state index contributed by atoms with van der Waals surface area (Å²) in [5.41, 5.74) is 5.27. The van der Waals surface area contributed by atoms with Crippen LogP contribution in [0.15, 0.2) is 0 Å². The Kier molecular flexibility index (Phi) is 5.15. The topological polar surface area (TPSA) is 61.4 Å². The lowest BCUT2D eigenvalue weighted by molar-refractivity contribution is -0.136. The second kappa shape index (κ2) is 5.53. The van der Waals surface area contributed by atoms with Gasteiger partial charge in [0.1, 0.15) is 6.54 Å². The van der Waals surface area contributed by atoms with Crippen LogP contribution in [-0.4, -0.2) is 24.2 Å². The van der Waals surface area contributed by atoms with Crippen LogP contribution in [0.2, 0.25) is 0 Å². The Hall–Kier alpha value is -0.610. The molecule has 4 nitrogen and oxygen atoms in total. The van der Waals surface area contributed by atoms with Gasteiger partial charge < -0.3 is 5.11 Å². The maximum Gasteiger partial charge on any atom is 0.318 e. The van der Waals surface area contributed by atoms with Crippen molar-refractivity contribution in [3.8, 4) is 0 Å². The van der Waals surface area contributed by atoms with E-state index in [0.717, 1.165) is 13.0 Å². The molecule has 0 radical (unpaired) electrons. The molecule has 0 unspecified atom stereocenters. The molecule has 9 heavy (non-hydrogen) atoms. The van der Waals surface area contributed by atoms with Gasteiger partial charge in [-0.15, -0.1) is 0 Å². The van der Waals surface area contributed by atoms with Crippen molar-refractivity contribution in [3.63, 3.8) is 0 Å². The summed E-state index contributed by atoms with van der Waals surface area (Å²) in [6.07, 6.45) is 0.993. The van der Waals surface area contributed by atoms with Gasteiger partial charge in [-0.25, -0.2) is 5.43 Å². The third-order valence-corrected chi connectivity index (χ3v) is 0.740. The first-order valence-corrected chi connectivity index (χ1v) is 2.95. The first-order valence-electron chi connectivity index (χ1n) is 2.95. The average molecular weight is 132 g/mol. The van der Waals surface area contributed by atoms with Crippen LogP contribution in [0.5, 0.6) is 0 Å². The fraction of sp³-hybridized carbons (Fsp3) is 0.800. The molecule has 0 bridgehead atoms. The number of hydrogen-bond acceptors (Lipinski definition) is 3. The summed E-state index contributed by atoms with van der Waals surface area (Å²) >= 11 is 0. The molecule has 0 atom stereocenters. The van der Waals surface area contributed by atoms with E-state index in [1.54, 1.807) is 0 Å². The van der Waals surface area contributed by atoms with E-state index in [4.69, 9.17) is 5.11 Å². The van der Waals surface area contributed by atoms with Gasteiger partial charge in [0.05, 0.1) is 0 Å². The van der Waals surface area contributed by atoms with Gasteiger partial charge in [-0.3, -0.25) is 10.2 Å². The fourth-order valence-corrected chi connectivity index (χ4v) is 0.352. The second-order valence-electron chi connectivity index (χ2n) is 1.67. The Bertz CT molecular complexity index is 85.0. The van der Waals surface area contributed by atoms with Crippen molar-refractivity contribution in [2.24, 2.45) is 0 Å². The predicted octanol–water partition coefficient (Wildman–Crippen LogP) is -0.425. The van der Waals surface area contributed by atoms with E-state index in [0.29, 0.717) is 0 Å². The first kappa shape index (κ1) is 8.39. The van der Waals surface area contributed by atoms with Gasteiger partial charge >= 0.3 is 5.97 Å². The lowest BCUT2D eigenvalue weighted by Crippen LogP contribution is -2.36. The van der Waals surface area contributed by atoms with Crippen molar-refractivity contribution in [2.75, 3.05) is 13.1 Å². The number of nitrogens with one attached hydrogen (secondary N) is 2. The minimum absolute atomic E-state index is 0.0278.